The van der Waals surface area contributed by atoms with E-state index in [-0.39, 0.29) is 31.2 Å². The van der Waals surface area contributed by atoms with Gasteiger partial charge in [0.05, 0.1) is 23.7 Å². The quantitative estimate of drug-likeness (QED) is 0.421. The maximum absolute atomic E-state index is 13.8. The molecule has 5 rings (SSSR count). The number of H-pyrrole nitrogens is 1. The summed E-state index contributed by atoms with van der Waals surface area (Å²) in [7, 11) is 0. The lowest BCUT2D eigenvalue weighted by Crippen LogP contribution is -2.34. The number of aromatic nitrogens is 1. The van der Waals surface area contributed by atoms with Gasteiger partial charge in [-0.3, -0.25) is 14.4 Å². The summed E-state index contributed by atoms with van der Waals surface area (Å²) in [4.78, 5) is 40.6. The Morgan fingerprint density at radius 3 is 2.62 bits per heavy atom. The third kappa shape index (κ3) is 5.04. The molecule has 1 amide bonds. The SMILES string of the molecule is O=C(O)CCC(=O)N1N=C(c2c(-c3ccccc3)c3cc(Br)ccc3[nH]c2=O)CC1C1=CCC(F)C=C1. The topological polar surface area (TPSA) is 103 Å². The smallest absolute Gasteiger partial charge is 0.303 e. The highest BCUT2D eigenvalue weighted by molar-refractivity contribution is 9.10. The molecule has 0 bridgehead atoms. The number of hydrazone groups is 1. The number of aromatic amines is 1. The van der Waals surface area contributed by atoms with Gasteiger partial charge in [0.1, 0.15) is 6.17 Å². The van der Waals surface area contributed by atoms with E-state index in [0.717, 1.165) is 15.4 Å². The predicted octanol–water partition coefficient (Wildman–Crippen LogP) is 5.35. The first-order chi connectivity index (χ1) is 17.8. The minimum absolute atomic E-state index is 0.175. The van der Waals surface area contributed by atoms with Crippen LogP contribution in [0.1, 0.15) is 31.2 Å². The van der Waals surface area contributed by atoms with Crippen molar-refractivity contribution < 1.29 is 19.1 Å². The molecule has 1 aliphatic carbocycles. The van der Waals surface area contributed by atoms with E-state index < -0.39 is 24.1 Å². The lowest BCUT2D eigenvalue weighted by Gasteiger charge is -2.24. The molecule has 2 aromatic carbocycles. The summed E-state index contributed by atoms with van der Waals surface area (Å²) in [6.45, 7) is 0. The van der Waals surface area contributed by atoms with Crippen molar-refractivity contribution in [1.82, 2.24) is 9.99 Å². The van der Waals surface area contributed by atoms with E-state index in [2.05, 4.69) is 26.0 Å². The number of alkyl halides is 1. The molecule has 2 heterocycles. The van der Waals surface area contributed by atoms with Gasteiger partial charge in [0.2, 0.25) is 5.91 Å². The molecule has 0 spiro atoms. The molecule has 0 radical (unpaired) electrons. The van der Waals surface area contributed by atoms with Crippen molar-refractivity contribution in [2.75, 3.05) is 0 Å². The Morgan fingerprint density at radius 1 is 1.14 bits per heavy atom. The zero-order chi connectivity index (χ0) is 26.1. The summed E-state index contributed by atoms with van der Waals surface area (Å²) in [5, 5.41) is 15.7. The van der Waals surface area contributed by atoms with Crippen molar-refractivity contribution in [3.8, 4) is 11.1 Å². The first kappa shape index (κ1) is 24.8. The molecule has 0 fully saturated rings. The molecule has 7 nitrogen and oxygen atoms in total. The third-order valence-electron chi connectivity index (χ3n) is 6.51. The fourth-order valence-electron chi connectivity index (χ4n) is 4.78. The van der Waals surface area contributed by atoms with Gasteiger partial charge >= 0.3 is 5.97 Å². The number of carbonyl (C=O) groups excluding carboxylic acids is 1. The number of fused-ring (bicyclic) bond motifs is 1. The lowest BCUT2D eigenvalue weighted by atomic mass is 9.90. The van der Waals surface area contributed by atoms with Crippen LogP contribution in [0, 0.1) is 0 Å². The van der Waals surface area contributed by atoms with E-state index in [1.54, 1.807) is 12.2 Å². The number of allylic oxidation sites excluding steroid dienone is 2. The number of hydrogen-bond donors (Lipinski definition) is 2. The standard InChI is InChI=1S/C28H23BrFN3O4/c29-18-8-11-21-20(14-18)26(17-4-2-1-3-5-17)27(28(37)31-21)22-15-23(16-6-9-19(30)10-7-16)33(32-22)24(34)12-13-25(35)36/h1-9,11,14,19,23H,10,12-13,15H2,(H,31,37)(H,35,36). The van der Waals surface area contributed by atoms with E-state index in [1.165, 1.54) is 11.1 Å². The number of aliphatic carboxylic acids is 1. The molecule has 2 N–H and O–H groups in total. The monoisotopic (exact) mass is 563 g/mol. The minimum atomic E-state index is -1.10. The molecule has 0 saturated carbocycles. The lowest BCUT2D eigenvalue weighted by molar-refractivity contribution is -0.141. The van der Waals surface area contributed by atoms with E-state index in [9.17, 15) is 18.8 Å². The maximum Gasteiger partial charge on any atom is 0.303 e. The summed E-state index contributed by atoms with van der Waals surface area (Å²) < 4.78 is 14.6. The highest BCUT2D eigenvalue weighted by Crippen LogP contribution is 2.35. The van der Waals surface area contributed by atoms with Crippen molar-refractivity contribution in [3.63, 3.8) is 0 Å². The van der Waals surface area contributed by atoms with Crippen LogP contribution in [0.3, 0.4) is 0 Å². The van der Waals surface area contributed by atoms with Crippen LogP contribution in [-0.4, -0.2) is 44.9 Å². The molecule has 1 aromatic heterocycles. The van der Waals surface area contributed by atoms with Gasteiger partial charge in [0, 0.05) is 40.2 Å². The van der Waals surface area contributed by atoms with Crippen LogP contribution in [0.15, 0.2) is 86.7 Å². The summed E-state index contributed by atoms with van der Waals surface area (Å²) in [5.74, 6) is -1.56. The van der Waals surface area contributed by atoms with E-state index in [0.29, 0.717) is 27.9 Å². The molecule has 2 unspecified atom stereocenters. The second-order valence-corrected chi connectivity index (χ2v) is 9.89. The number of nitrogens with zero attached hydrogens (tertiary/aromatic N) is 2. The fourth-order valence-corrected chi connectivity index (χ4v) is 5.14. The zero-order valence-corrected chi connectivity index (χ0v) is 21.2. The first-order valence-electron chi connectivity index (χ1n) is 11.9. The van der Waals surface area contributed by atoms with Gasteiger partial charge in [-0.15, -0.1) is 0 Å². The van der Waals surface area contributed by atoms with Crippen LogP contribution in [-0.2, 0) is 9.59 Å². The van der Waals surface area contributed by atoms with Crippen LogP contribution < -0.4 is 5.56 Å². The number of nitrogens with one attached hydrogen (secondary N) is 1. The van der Waals surface area contributed by atoms with Crippen LogP contribution in [0.25, 0.3) is 22.0 Å². The second kappa shape index (κ2) is 10.3. The average Bonchev–Trinajstić information content (AvgIpc) is 3.32. The van der Waals surface area contributed by atoms with Gasteiger partial charge < -0.3 is 10.1 Å². The number of carboxylic acid groups (broad SMARTS) is 1. The molecule has 0 saturated heterocycles. The first-order valence-corrected chi connectivity index (χ1v) is 12.7. The molecule has 37 heavy (non-hydrogen) atoms. The van der Waals surface area contributed by atoms with Crippen LogP contribution in [0.2, 0.25) is 0 Å². The van der Waals surface area contributed by atoms with Gasteiger partial charge in [0.15, 0.2) is 0 Å². The van der Waals surface area contributed by atoms with E-state index >= 15 is 0 Å². The third-order valence-corrected chi connectivity index (χ3v) is 7.00. The number of halogens is 2. The van der Waals surface area contributed by atoms with Gasteiger partial charge in [-0.1, -0.05) is 64.5 Å². The van der Waals surface area contributed by atoms with E-state index in [4.69, 9.17) is 5.11 Å². The summed E-state index contributed by atoms with van der Waals surface area (Å²) >= 11 is 3.52. The molecule has 1 aliphatic heterocycles. The molecule has 188 valence electrons. The Kier molecular flexibility index (Phi) is 6.88. The number of benzene rings is 2. The Bertz CT molecular complexity index is 1540. The van der Waals surface area contributed by atoms with Gasteiger partial charge in [-0.2, -0.15) is 5.10 Å². The molecule has 2 aliphatic rings. The van der Waals surface area contributed by atoms with Crippen molar-refractivity contribution in [2.45, 2.75) is 37.9 Å². The summed E-state index contributed by atoms with van der Waals surface area (Å²) in [6.07, 6.45) is 3.52. The highest BCUT2D eigenvalue weighted by atomic mass is 79.9. The van der Waals surface area contributed by atoms with Crippen molar-refractivity contribution in [3.05, 3.63) is 92.7 Å². The fraction of sp³-hybridized carbons (Fsp3) is 0.214. The van der Waals surface area contributed by atoms with Gasteiger partial charge in [0.25, 0.3) is 5.56 Å². The molecule has 2 atom stereocenters. The van der Waals surface area contributed by atoms with Crippen molar-refractivity contribution in [2.24, 2.45) is 5.10 Å². The largest absolute Gasteiger partial charge is 0.481 e. The second-order valence-electron chi connectivity index (χ2n) is 8.97. The number of pyridine rings is 1. The van der Waals surface area contributed by atoms with E-state index in [1.807, 2.05) is 48.5 Å². The normalized spacial score (nSPS) is 19.1. The molecule has 9 heteroatoms. The number of rotatable bonds is 6. The van der Waals surface area contributed by atoms with Crippen molar-refractivity contribution in [1.29, 1.82) is 0 Å². The highest BCUT2D eigenvalue weighted by Gasteiger charge is 2.36. The molecular weight excluding hydrogens is 541 g/mol. The number of amides is 1. The van der Waals surface area contributed by atoms with Gasteiger partial charge in [-0.25, -0.2) is 9.40 Å². The predicted molar refractivity (Wildman–Crippen MR) is 143 cm³/mol. The van der Waals surface area contributed by atoms with Crippen LogP contribution >= 0.6 is 15.9 Å². The zero-order valence-electron chi connectivity index (χ0n) is 19.7. The molecule has 3 aromatic rings. The minimum Gasteiger partial charge on any atom is -0.481 e. The Hall–Kier alpha value is -3.85. The van der Waals surface area contributed by atoms with Crippen molar-refractivity contribution >= 4 is 44.4 Å². The Morgan fingerprint density at radius 2 is 1.92 bits per heavy atom. The summed E-state index contributed by atoms with van der Waals surface area (Å²) in [5.41, 5.74) is 3.29. The summed E-state index contributed by atoms with van der Waals surface area (Å²) in [6, 6.07) is 14.5. The molecular formula is C28H23BrFN3O4. The number of hydrogen-bond acceptors (Lipinski definition) is 4. The Balaban J connectivity index is 1.67. The van der Waals surface area contributed by atoms with Crippen LogP contribution in [0.4, 0.5) is 4.39 Å². The number of carboxylic acids is 1. The Labute approximate surface area is 220 Å². The number of carbonyl (C=O) groups is 2. The van der Waals surface area contributed by atoms with Gasteiger partial charge in [-0.05, 0) is 29.3 Å². The van der Waals surface area contributed by atoms with Crippen LogP contribution in [0.5, 0.6) is 0 Å². The maximum atomic E-state index is 13.8. The average molecular weight is 564 g/mol.